The Labute approximate surface area is 117 Å². The minimum atomic E-state index is 0.196. The van der Waals surface area contributed by atoms with Gasteiger partial charge in [0.25, 0.3) is 0 Å². The van der Waals surface area contributed by atoms with Crippen molar-refractivity contribution < 1.29 is 4.74 Å². The molecule has 0 aliphatic rings. The molecular weight excluding hydrogens is 258 g/mol. The van der Waals surface area contributed by atoms with Gasteiger partial charge in [0, 0.05) is 10.9 Å². The number of nitrogen functional groups attached to an aromatic ring is 1. The summed E-state index contributed by atoms with van der Waals surface area (Å²) >= 11 is 1.73. The van der Waals surface area contributed by atoms with Crippen molar-refractivity contribution in [1.82, 2.24) is 4.98 Å². The van der Waals surface area contributed by atoms with Gasteiger partial charge in [-0.05, 0) is 23.4 Å². The Morgan fingerprint density at radius 3 is 2.68 bits per heavy atom. The van der Waals surface area contributed by atoms with Gasteiger partial charge in [0.1, 0.15) is 0 Å². The molecular formula is C14H19N3OS. The average Bonchev–Trinajstić information content (AvgIpc) is 2.91. The van der Waals surface area contributed by atoms with Gasteiger partial charge in [0.05, 0.1) is 18.8 Å². The normalized spacial score (nSPS) is 12.4. The lowest BCUT2D eigenvalue weighted by molar-refractivity contribution is 0.398. The Bertz CT molecular complexity index is 525. The number of nitrogens with two attached hydrogens (primary N) is 1. The van der Waals surface area contributed by atoms with Crippen molar-refractivity contribution in [1.29, 1.82) is 0 Å². The van der Waals surface area contributed by atoms with Gasteiger partial charge >= 0.3 is 0 Å². The van der Waals surface area contributed by atoms with E-state index in [1.807, 2.05) is 0 Å². The Balaban J connectivity index is 2.27. The van der Waals surface area contributed by atoms with Gasteiger partial charge in [0.2, 0.25) is 5.88 Å². The van der Waals surface area contributed by atoms with Crippen LogP contribution >= 0.6 is 11.3 Å². The first-order valence-electron chi connectivity index (χ1n) is 6.22. The number of nitrogens with zero attached hydrogens (tertiary/aromatic N) is 1. The molecule has 0 fully saturated rings. The molecule has 19 heavy (non-hydrogen) atoms. The zero-order chi connectivity index (χ0) is 13.8. The van der Waals surface area contributed by atoms with Crippen LogP contribution in [0, 0.1) is 5.92 Å². The number of aromatic nitrogens is 1. The largest absolute Gasteiger partial charge is 0.481 e. The first-order chi connectivity index (χ1) is 9.11. The van der Waals surface area contributed by atoms with Gasteiger partial charge in [-0.3, -0.25) is 0 Å². The van der Waals surface area contributed by atoms with Crippen molar-refractivity contribution in [2.45, 2.75) is 19.9 Å². The fourth-order valence-electron chi connectivity index (χ4n) is 1.86. The second-order valence-electron chi connectivity index (χ2n) is 4.67. The second-order valence-corrected chi connectivity index (χ2v) is 5.65. The molecule has 1 atom stereocenters. The summed E-state index contributed by atoms with van der Waals surface area (Å²) in [7, 11) is 1.60. The molecule has 0 saturated heterocycles. The highest BCUT2D eigenvalue weighted by molar-refractivity contribution is 7.10. The minimum absolute atomic E-state index is 0.196. The highest BCUT2D eigenvalue weighted by atomic mass is 32.1. The highest BCUT2D eigenvalue weighted by Crippen LogP contribution is 2.31. The fourth-order valence-corrected chi connectivity index (χ4v) is 2.81. The third kappa shape index (κ3) is 3.17. The van der Waals surface area contributed by atoms with E-state index in [1.165, 1.54) is 4.88 Å². The van der Waals surface area contributed by atoms with E-state index in [0.29, 0.717) is 23.3 Å². The van der Waals surface area contributed by atoms with E-state index in [0.717, 1.165) is 0 Å². The number of pyridine rings is 1. The first kappa shape index (κ1) is 13.7. The summed E-state index contributed by atoms with van der Waals surface area (Å²) in [5, 5.41) is 5.50. The predicted molar refractivity (Wildman–Crippen MR) is 80.7 cm³/mol. The average molecular weight is 277 g/mol. The molecule has 0 bridgehead atoms. The molecule has 0 amide bonds. The van der Waals surface area contributed by atoms with Crippen molar-refractivity contribution in [3.05, 3.63) is 34.5 Å². The molecule has 3 N–H and O–H groups in total. The number of rotatable bonds is 5. The van der Waals surface area contributed by atoms with Crippen LogP contribution in [0.15, 0.2) is 29.6 Å². The standard InChI is InChI=1S/C14H19N3OS/c1-9(2)13(11-5-4-8-19-11)17-14-10(15)6-7-12(16-14)18-3/h4-9,13H,15H2,1-3H3,(H,16,17). The predicted octanol–water partition coefficient (Wildman–Crippen LogP) is 3.54. The summed E-state index contributed by atoms with van der Waals surface area (Å²) < 4.78 is 5.14. The van der Waals surface area contributed by atoms with Crippen molar-refractivity contribution in [2.75, 3.05) is 18.2 Å². The Morgan fingerprint density at radius 2 is 2.11 bits per heavy atom. The van der Waals surface area contributed by atoms with E-state index in [9.17, 15) is 0 Å². The van der Waals surface area contributed by atoms with E-state index in [1.54, 1.807) is 30.6 Å². The quantitative estimate of drug-likeness (QED) is 0.877. The summed E-state index contributed by atoms with van der Waals surface area (Å²) in [6.45, 7) is 4.35. The van der Waals surface area contributed by atoms with Crippen LogP contribution in [0.1, 0.15) is 24.8 Å². The lowest BCUT2D eigenvalue weighted by Crippen LogP contribution is -2.17. The van der Waals surface area contributed by atoms with Gasteiger partial charge in [-0.2, -0.15) is 4.98 Å². The summed E-state index contributed by atoms with van der Waals surface area (Å²) in [5.41, 5.74) is 6.60. The van der Waals surface area contributed by atoms with Crippen LogP contribution in [0.2, 0.25) is 0 Å². The molecule has 0 aliphatic heterocycles. The Hall–Kier alpha value is -1.75. The smallest absolute Gasteiger partial charge is 0.215 e. The van der Waals surface area contributed by atoms with Gasteiger partial charge in [-0.1, -0.05) is 19.9 Å². The van der Waals surface area contributed by atoms with Crippen molar-refractivity contribution in [3.63, 3.8) is 0 Å². The molecule has 0 spiro atoms. The Kier molecular flexibility index (Phi) is 4.27. The topological polar surface area (TPSA) is 60.2 Å². The van der Waals surface area contributed by atoms with Crippen molar-refractivity contribution in [2.24, 2.45) is 5.92 Å². The lowest BCUT2D eigenvalue weighted by Gasteiger charge is -2.22. The van der Waals surface area contributed by atoms with Crippen molar-refractivity contribution >= 4 is 22.8 Å². The zero-order valence-electron chi connectivity index (χ0n) is 11.4. The van der Waals surface area contributed by atoms with E-state index in [4.69, 9.17) is 10.5 Å². The lowest BCUT2D eigenvalue weighted by atomic mass is 10.0. The molecule has 2 heterocycles. The summed E-state index contributed by atoms with van der Waals surface area (Å²) in [4.78, 5) is 5.65. The third-order valence-corrected chi connectivity index (χ3v) is 3.87. The van der Waals surface area contributed by atoms with E-state index >= 15 is 0 Å². The minimum Gasteiger partial charge on any atom is -0.481 e. The van der Waals surface area contributed by atoms with Crippen molar-refractivity contribution in [3.8, 4) is 5.88 Å². The maximum Gasteiger partial charge on any atom is 0.215 e. The molecule has 2 aromatic rings. The molecule has 5 heteroatoms. The Morgan fingerprint density at radius 1 is 1.32 bits per heavy atom. The van der Waals surface area contributed by atoms with E-state index < -0.39 is 0 Å². The first-order valence-corrected chi connectivity index (χ1v) is 7.10. The molecule has 0 radical (unpaired) electrons. The number of methoxy groups -OCH3 is 1. The van der Waals surface area contributed by atoms with Gasteiger partial charge in [-0.25, -0.2) is 0 Å². The SMILES string of the molecule is COc1ccc(N)c(NC(c2cccs2)C(C)C)n1. The summed E-state index contributed by atoms with van der Waals surface area (Å²) in [6.07, 6.45) is 0. The maximum absolute atomic E-state index is 5.97. The molecule has 102 valence electrons. The van der Waals surface area contributed by atoms with Crippen LogP contribution in [-0.4, -0.2) is 12.1 Å². The molecule has 0 saturated carbocycles. The third-order valence-electron chi connectivity index (χ3n) is 2.92. The zero-order valence-corrected chi connectivity index (χ0v) is 12.2. The molecule has 4 nitrogen and oxygen atoms in total. The second kappa shape index (κ2) is 5.93. The number of hydrogen-bond donors (Lipinski definition) is 2. The number of ether oxygens (including phenoxy) is 1. The van der Waals surface area contributed by atoms with Crippen LogP contribution in [0.4, 0.5) is 11.5 Å². The summed E-state index contributed by atoms with van der Waals surface area (Å²) in [6, 6.07) is 7.94. The molecule has 0 aliphatic carbocycles. The van der Waals surface area contributed by atoms with Crippen LogP contribution in [-0.2, 0) is 0 Å². The summed E-state index contributed by atoms with van der Waals surface area (Å²) in [5.74, 6) is 1.67. The molecule has 2 aromatic heterocycles. The molecule has 2 rings (SSSR count). The monoisotopic (exact) mass is 277 g/mol. The van der Waals surface area contributed by atoms with Crippen LogP contribution in [0.25, 0.3) is 0 Å². The number of hydrogen-bond acceptors (Lipinski definition) is 5. The van der Waals surface area contributed by atoms with E-state index in [-0.39, 0.29) is 6.04 Å². The molecule has 0 aromatic carbocycles. The van der Waals surface area contributed by atoms with Crippen LogP contribution in [0.3, 0.4) is 0 Å². The maximum atomic E-state index is 5.97. The van der Waals surface area contributed by atoms with Crippen LogP contribution in [0.5, 0.6) is 5.88 Å². The number of anilines is 2. The van der Waals surface area contributed by atoms with Crippen LogP contribution < -0.4 is 15.8 Å². The van der Waals surface area contributed by atoms with E-state index in [2.05, 4.69) is 41.7 Å². The fraction of sp³-hybridized carbons (Fsp3) is 0.357. The van der Waals surface area contributed by atoms with Gasteiger partial charge in [-0.15, -0.1) is 11.3 Å². The molecule has 1 unspecified atom stereocenters. The number of nitrogens with one attached hydrogen (secondary N) is 1. The van der Waals surface area contributed by atoms with Gasteiger partial charge in [0.15, 0.2) is 5.82 Å². The number of thiophene rings is 1. The highest BCUT2D eigenvalue weighted by Gasteiger charge is 2.18. The van der Waals surface area contributed by atoms with Gasteiger partial charge < -0.3 is 15.8 Å².